The normalized spacial score (nSPS) is 10.5. The number of methoxy groups -OCH3 is 1. The smallest absolute Gasteiger partial charge is 0.122 e. The molecule has 1 aromatic rings. The van der Waals surface area contributed by atoms with Gasteiger partial charge in [0.2, 0.25) is 0 Å². The van der Waals surface area contributed by atoms with Crippen LogP contribution in [0.25, 0.3) is 0 Å². The molecule has 15 heavy (non-hydrogen) atoms. The molecule has 0 radical (unpaired) electrons. The van der Waals surface area contributed by atoms with Crippen LogP contribution in [0.2, 0.25) is 0 Å². The standard InChI is InChI=1S/C12H19NO2/c1-9(2)15-11-4-5-12(14-3)10(8-11)6-7-13/h4-5,8-9H,6-7,13H2,1-3H3. The summed E-state index contributed by atoms with van der Waals surface area (Å²) in [7, 11) is 1.67. The summed E-state index contributed by atoms with van der Waals surface area (Å²) in [6.07, 6.45) is 0.988. The van der Waals surface area contributed by atoms with Crippen LogP contribution in [-0.4, -0.2) is 19.8 Å². The van der Waals surface area contributed by atoms with E-state index in [0.29, 0.717) is 6.54 Å². The van der Waals surface area contributed by atoms with Crippen molar-refractivity contribution in [2.24, 2.45) is 5.73 Å². The van der Waals surface area contributed by atoms with Crippen molar-refractivity contribution < 1.29 is 9.47 Å². The Balaban J connectivity index is 2.88. The summed E-state index contributed by atoms with van der Waals surface area (Å²) >= 11 is 0. The fourth-order valence-corrected chi connectivity index (χ4v) is 1.45. The molecule has 3 heteroatoms. The monoisotopic (exact) mass is 209 g/mol. The second-order valence-electron chi connectivity index (χ2n) is 3.68. The first-order valence-electron chi connectivity index (χ1n) is 5.21. The summed E-state index contributed by atoms with van der Waals surface area (Å²) in [6, 6.07) is 5.83. The van der Waals surface area contributed by atoms with E-state index in [1.807, 2.05) is 32.0 Å². The molecule has 0 bridgehead atoms. The minimum atomic E-state index is 0.184. The van der Waals surface area contributed by atoms with Crippen LogP contribution in [0.1, 0.15) is 19.4 Å². The maximum Gasteiger partial charge on any atom is 0.122 e. The molecule has 0 saturated carbocycles. The summed E-state index contributed by atoms with van der Waals surface area (Å²) in [4.78, 5) is 0. The van der Waals surface area contributed by atoms with Gasteiger partial charge in [-0.2, -0.15) is 0 Å². The van der Waals surface area contributed by atoms with Crippen LogP contribution in [0.15, 0.2) is 18.2 Å². The van der Waals surface area contributed by atoms with Crippen LogP contribution in [0.3, 0.4) is 0 Å². The first kappa shape index (κ1) is 11.9. The SMILES string of the molecule is COc1ccc(OC(C)C)cc1CCN. The summed E-state index contributed by atoms with van der Waals surface area (Å²) in [6.45, 7) is 4.63. The molecule has 1 aromatic carbocycles. The minimum absolute atomic E-state index is 0.184. The maximum atomic E-state index is 5.60. The summed E-state index contributed by atoms with van der Waals surface area (Å²) in [5.74, 6) is 1.74. The molecule has 0 aliphatic heterocycles. The third-order valence-electron chi connectivity index (χ3n) is 2.04. The van der Waals surface area contributed by atoms with Crippen molar-refractivity contribution in [1.29, 1.82) is 0 Å². The first-order chi connectivity index (χ1) is 7.17. The van der Waals surface area contributed by atoms with E-state index in [2.05, 4.69) is 0 Å². The Kier molecular flexibility index (Phi) is 4.43. The molecule has 0 aliphatic carbocycles. The number of benzene rings is 1. The van der Waals surface area contributed by atoms with Gasteiger partial charge in [0.05, 0.1) is 13.2 Å². The maximum absolute atomic E-state index is 5.60. The lowest BCUT2D eigenvalue weighted by Gasteiger charge is -2.13. The molecule has 3 nitrogen and oxygen atoms in total. The van der Waals surface area contributed by atoms with Crippen molar-refractivity contribution in [1.82, 2.24) is 0 Å². The van der Waals surface area contributed by atoms with Gasteiger partial charge in [-0.25, -0.2) is 0 Å². The number of hydrogen-bond donors (Lipinski definition) is 1. The Hall–Kier alpha value is -1.22. The average molecular weight is 209 g/mol. The molecule has 2 N–H and O–H groups in total. The predicted octanol–water partition coefficient (Wildman–Crippen LogP) is 1.98. The zero-order valence-electron chi connectivity index (χ0n) is 9.62. The quantitative estimate of drug-likeness (QED) is 0.806. The van der Waals surface area contributed by atoms with E-state index in [-0.39, 0.29) is 6.10 Å². The van der Waals surface area contributed by atoms with E-state index < -0.39 is 0 Å². The summed E-state index contributed by atoms with van der Waals surface area (Å²) < 4.78 is 10.9. The zero-order chi connectivity index (χ0) is 11.3. The molecule has 1 rings (SSSR count). The number of hydrogen-bond acceptors (Lipinski definition) is 3. The van der Waals surface area contributed by atoms with Gasteiger partial charge in [0.15, 0.2) is 0 Å². The first-order valence-corrected chi connectivity index (χ1v) is 5.21. The Morgan fingerprint density at radius 1 is 1.33 bits per heavy atom. The van der Waals surface area contributed by atoms with Gasteiger partial charge in [-0.05, 0) is 50.6 Å². The molecule has 0 fully saturated rings. The third kappa shape index (κ3) is 3.44. The van der Waals surface area contributed by atoms with Gasteiger partial charge in [-0.3, -0.25) is 0 Å². The highest BCUT2D eigenvalue weighted by Gasteiger charge is 2.05. The molecule has 0 aromatic heterocycles. The lowest BCUT2D eigenvalue weighted by atomic mass is 10.1. The Morgan fingerprint density at radius 3 is 2.60 bits per heavy atom. The Labute approximate surface area is 91.2 Å². The van der Waals surface area contributed by atoms with Gasteiger partial charge in [-0.1, -0.05) is 0 Å². The summed E-state index contributed by atoms with van der Waals surface area (Å²) in [5, 5.41) is 0. The van der Waals surface area contributed by atoms with E-state index in [1.165, 1.54) is 0 Å². The fourth-order valence-electron chi connectivity index (χ4n) is 1.45. The molecular weight excluding hydrogens is 190 g/mol. The highest BCUT2D eigenvalue weighted by molar-refractivity contribution is 5.40. The van der Waals surface area contributed by atoms with Crippen molar-refractivity contribution in [2.75, 3.05) is 13.7 Å². The van der Waals surface area contributed by atoms with Gasteiger partial charge < -0.3 is 15.2 Å². The van der Waals surface area contributed by atoms with Crippen molar-refractivity contribution >= 4 is 0 Å². The van der Waals surface area contributed by atoms with E-state index in [9.17, 15) is 0 Å². The van der Waals surface area contributed by atoms with Crippen LogP contribution in [0, 0.1) is 0 Å². The number of nitrogens with two attached hydrogens (primary N) is 1. The van der Waals surface area contributed by atoms with Crippen LogP contribution >= 0.6 is 0 Å². The number of rotatable bonds is 5. The second-order valence-corrected chi connectivity index (χ2v) is 3.68. The zero-order valence-corrected chi connectivity index (χ0v) is 9.62. The van der Waals surface area contributed by atoms with Crippen molar-refractivity contribution in [3.63, 3.8) is 0 Å². The molecule has 0 aliphatic rings. The van der Waals surface area contributed by atoms with Crippen molar-refractivity contribution in [2.45, 2.75) is 26.4 Å². The lowest BCUT2D eigenvalue weighted by molar-refractivity contribution is 0.242. The minimum Gasteiger partial charge on any atom is -0.496 e. The largest absolute Gasteiger partial charge is 0.496 e. The van der Waals surface area contributed by atoms with E-state index in [1.54, 1.807) is 7.11 Å². The Bertz CT molecular complexity index is 310. The molecule has 0 atom stereocenters. The highest BCUT2D eigenvalue weighted by atomic mass is 16.5. The van der Waals surface area contributed by atoms with Gasteiger partial charge >= 0.3 is 0 Å². The average Bonchev–Trinajstić information content (AvgIpc) is 2.18. The van der Waals surface area contributed by atoms with E-state index in [0.717, 1.165) is 23.5 Å². The van der Waals surface area contributed by atoms with E-state index >= 15 is 0 Å². The summed E-state index contributed by atoms with van der Waals surface area (Å²) in [5.41, 5.74) is 6.63. The molecule has 0 unspecified atom stereocenters. The number of ether oxygens (including phenoxy) is 2. The molecule has 0 amide bonds. The lowest BCUT2D eigenvalue weighted by Crippen LogP contribution is -2.08. The van der Waals surface area contributed by atoms with Gasteiger partial charge in [0.25, 0.3) is 0 Å². The third-order valence-corrected chi connectivity index (χ3v) is 2.04. The van der Waals surface area contributed by atoms with Crippen LogP contribution in [-0.2, 0) is 6.42 Å². The Morgan fingerprint density at radius 2 is 2.07 bits per heavy atom. The predicted molar refractivity (Wildman–Crippen MR) is 61.5 cm³/mol. The molecule has 0 saturated heterocycles. The van der Waals surface area contributed by atoms with Gasteiger partial charge in [0.1, 0.15) is 11.5 Å². The van der Waals surface area contributed by atoms with Gasteiger partial charge in [0, 0.05) is 0 Å². The second kappa shape index (κ2) is 5.61. The van der Waals surface area contributed by atoms with Crippen molar-refractivity contribution in [3.8, 4) is 11.5 Å². The molecule has 84 valence electrons. The highest BCUT2D eigenvalue weighted by Crippen LogP contribution is 2.24. The molecule has 0 heterocycles. The van der Waals surface area contributed by atoms with Gasteiger partial charge in [-0.15, -0.1) is 0 Å². The van der Waals surface area contributed by atoms with Crippen molar-refractivity contribution in [3.05, 3.63) is 23.8 Å². The van der Waals surface area contributed by atoms with Crippen LogP contribution in [0.4, 0.5) is 0 Å². The molecule has 0 spiro atoms. The molecular formula is C12H19NO2. The van der Waals surface area contributed by atoms with Crippen LogP contribution < -0.4 is 15.2 Å². The fraction of sp³-hybridized carbons (Fsp3) is 0.500. The van der Waals surface area contributed by atoms with E-state index in [4.69, 9.17) is 15.2 Å². The topological polar surface area (TPSA) is 44.5 Å². The van der Waals surface area contributed by atoms with Crippen LogP contribution in [0.5, 0.6) is 11.5 Å².